The van der Waals surface area contributed by atoms with Gasteiger partial charge >= 0.3 is 0 Å². The molecule has 1 unspecified atom stereocenters. The largest absolute Gasteiger partial charge is 0.251 e. The average Bonchev–Trinajstić information content (AvgIpc) is 2.49. The van der Waals surface area contributed by atoms with Gasteiger partial charge < -0.3 is 0 Å². The molecule has 14 heavy (non-hydrogen) atoms. The van der Waals surface area contributed by atoms with Gasteiger partial charge in [-0.05, 0) is 6.92 Å². The number of rotatable bonds is 4. The van der Waals surface area contributed by atoms with E-state index < -0.39 is 10.0 Å². The molecule has 1 aromatic heterocycles. The second kappa shape index (κ2) is 4.69. The number of nitrogens with zero attached hydrogens (tertiary/aromatic N) is 1. The number of sulfonamides is 1. The molecule has 0 aliphatic rings. The van der Waals surface area contributed by atoms with Gasteiger partial charge in [-0.3, -0.25) is 0 Å². The lowest BCUT2D eigenvalue weighted by molar-refractivity contribution is 0.583. The maximum Gasteiger partial charge on any atom is 0.251 e. The van der Waals surface area contributed by atoms with E-state index in [0.717, 1.165) is 5.01 Å². The summed E-state index contributed by atoms with van der Waals surface area (Å²) < 4.78 is 25.9. The van der Waals surface area contributed by atoms with Gasteiger partial charge in [0.15, 0.2) is 4.21 Å². The molecule has 0 amide bonds. The Labute approximate surface area is 95.9 Å². The van der Waals surface area contributed by atoms with Gasteiger partial charge in [0.2, 0.25) is 0 Å². The van der Waals surface area contributed by atoms with Crippen LogP contribution in [0.2, 0.25) is 0 Å². The maximum atomic E-state index is 11.6. The van der Waals surface area contributed by atoms with E-state index in [1.165, 1.54) is 17.5 Å². The molecule has 0 aromatic carbocycles. The van der Waals surface area contributed by atoms with Gasteiger partial charge in [0.05, 0.1) is 11.2 Å². The predicted molar refractivity (Wildman–Crippen MR) is 60.4 cm³/mol. The van der Waals surface area contributed by atoms with Crippen molar-refractivity contribution < 1.29 is 8.42 Å². The Morgan fingerprint density at radius 2 is 2.36 bits per heavy atom. The fourth-order valence-electron chi connectivity index (χ4n) is 0.762. The molecule has 1 N–H and O–H groups in total. The summed E-state index contributed by atoms with van der Waals surface area (Å²) in [7, 11) is -3.36. The van der Waals surface area contributed by atoms with Gasteiger partial charge in [-0.1, -0.05) is 22.9 Å². The molecule has 0 saturated carbocycles. The van der Waals surface area contributed by atoms with Crippen LogP contribution in [0.1, 0.15) is 11.9 Å². The summed E-state index contributed by atoms with van der Waals surface area (Å²) in [5, 5.41) is 0.747. The Balaban J connectivity index is 2.76. The Morgan fingerprint density at radius 3 is 2.79 bits per heavy atom. The topological polar surface area (TPSA) is 59.1 Å². The minimum atomic E-state index is -3.36. The summed E-state index contributed by atoms with van der Waals surface area (Å²) in [6.07, 6.45) is 1.38. The first-order valence-electron chi connectivity index (χ1n) is 3.98. The number of aryl methyl sites for hydroxylation is 1. The van der Waals surface area contributed by atoms with Crippen molar-refractivity contribution in [1.82, 2.24) is 9.71 Å². The molecule has 0 bridgehead atoms. The second-order valence-electron chi connectivity index (χ2n) is 2.83. The Morgan fingerprint density at radius 1 is 1.71 bits per heavy atom. The molecular weight excluding hydrogens is 288 g/mol. The molecule has 0 spiro atoms. The minimum absolute atomic E-state index is 0.117. The van der Waals surface area contributed by atoms with Crippen LogP contribution in [0.3, 0.4) is 0 Å². The molecule has 1 heterocycles. The number of hydrogen-bond acceptors (Lipinski definition) is 4. The summed E-state index contributed by atoms with van der Waals surface area (Å²) in [5.74, 6) is 0. The third-order valence-electron chi connectivity index (χ3n) is 1.42. The molecule has 7 heteroatoms. The van der Waals surface area contributed by atoms with Crippen molar-refractivity contribution in [3.63, 3.8) is 0 Å². The first-order valence-corrected chi connectivity index (χ1v) is 7.19. The van der Waals surface area contributed by atoms with Crippen molar-refractivity contribution >= 4 is 37.3 Å². The van der Waals surface area contributed by atoms with Gasteiger partial charge in [-0.2, -0.15) is 0 Å². The highest BCUT2D eigenvalue weighted by molar-refractivity contribution is 9.09. The fourth-order valence-corrected chi connectivity index (χ4v) is 3.42. The third kappa shape index (κ3) is 3.30. The number of alkyl halides is 1. The minimum Gasteiger partial charge on any atom is -0.249 e. The predicted octanol–water partition coefficient (Wildman–Crippen LogP) is 1.51. The summed E-state index contributed by atoms with van der Waals surface area (Å²) in [6.45, 7) is 4.02. The normalized spacial score (nSPS) is 14.2. The van der Waals surface area contributed by atoms with Crippen LogP contribution in [0.25, 0.3) is 0 Å². The van der Waals surface area contributed by atoms with E-state index in [1.54, 1.807) is 6.92 Å². The zero-order chi connectivity index (χ0) is 10.8. The van der Waals surface area contributed by atoms with E-state index >= 15 is 0 Å². The van der Waals surface area contributed by atoms with Crippen molar-refractivity contribution in [2.75, 3.05) is 6.54 Å². The van der Waals surface area contributed by atoms with Crippen molar-refractivity contribution in [1.29, 1.82) is 0 Å². The maximum absolute atomic E-state index is 11.6. The molecule has 0 saturated heterocycles. The standard InChI is InChI=1S/C7H11BrN2O2S2/c1-5(8)3-10-14(11,12)7-4-9-6(2)13-7/h4-5,10H,3H2,1-2H3. The zero-order valence-electron chi connectivity index (χ0n) is 7.82. The van der Waals surface area contributed by atoms with Crippen LogP contribution in [0.5, 0.6) is 0 Å². The highest BCUT2D eigenvalue weighted by Crippen LogP contribution is 2.17. The van der Waals surface area contributed by atoms with Crippen molar-refractivity contribution in [2.24, 2.45) is 0 Å². The Bertz CT molecular complexity index is 400. The molecule has 0 fully saturated rings. The summed E-state index contributed by atoms with van der Waals surface area (Å²) in [5.41, 5.74) is 0. The van der Waals surface area contributed by atoms with E-state index in [2.05, 4.69) is 25.6 Å². The highest BCUT2D eigenvalue weighted by Gasteiger charge is 2.16. The lowest BCUT2D eigenvalue weighted by Crippen LogP contribution is -2.27. The van der Waals surface area contributed by atoms with Crippen LogP contribution in [0.4, 0.5) is 0 Å². The van der Waals surface area contributed by atoms with Gasteiger partial charge in [0, 0.05) is 11.4 Å². The zero-order valence-corrected chi connectivity index (χ0v) is 11.0. The van der Waals surface area contributed by atoms with Crippen LogP contribution < -0.4 is 4.72 Å². The van der Waals surface area contributed by atoms with E-state index in [0.29, 0.717) is 6.54 Å². The SMILES string of the molecule is Cc1ncc(S(=O)(=O)NCC(C)Br)s1. The van der Waals surface area contributed by atoms with Crippen LogP contribution in [-0.2, 0) is 10.0 Å². The van der Waals surface area contributed by atoms with Crippen LogP contribution in [-0.4, -0.2) is 24.8 Å². The Hall–Kier alpha value is 0.0200. The van der Waals surface area contributed by atoms with Crippen LogP contribution in [0.15, 0.2) is 10.4 Å². The fraction of sp³-hybridized carbons (Fsp3) is 0.571. The molecular formula is C7H11BrN2O2S2. The first-order chi connectivity index (χ1) is 6.42. The molecule has 0 aliphatic heterocycles. The van der Waals surface area contributed by atoms with Crippen LogP contribution in [0, 0.1) is 6.92 Å². The highest BCUT2D eigenvalue weighted by atomic mass is 79.9. The lowest BCUT2D eigenvalue weighted by atomic mass is 10.5. The molecule has 1 aromatic rings. The molecule has 1 atom stereocenters. The van der Waals surface area contributed by atoms with Gasteiger partial charge in [-0.25, -0.2) is 18.1 Å². The quantitative estimate of drug-likeness (QED) is 0.857. The first kappa shape index (κ1) is 12.1. The van der Waals surface area contributed by atoms with E-state index in [4.69, 9.17) is 0 Å². The molecule has 80 valence electrons. The number of halogens is 1. The third-order valence-corrected chi connectivity index (χ3v) is 4.54. The van der Waals surface area contributed by atoms with Gasteiger partial charge in [0.1, 0.15) is 0 Å². The molecule has 1 rings (SSSR count). The van der Waals surface area contributed by atoms with Crippen molar-refractivity contribution in [2.45, 2.75) is 22.9 Å². The number of hydrogen-bond donors (Lipinski definition) is 1. The van der Waals surface area contributed by atoms with E-state index in [9.17, 15) is 8.42 Å². The summed E-state index contributed by atoms with van der Waals surface area (Å²) in [4.78, 5) is 4.01. The van der Waals surface area contributed by atoms with E-state index in [1.807, 2.05) is 6.92 Å². The molecule has 0 radical (unpaired) electrons. The smallest absolute Gasteiger partial charge is 0.249 e. The second-order valence-corrected chi connectivity index (χ2v) is 7.62. The molecule has 0 aliphatic carbocycles. The lowest BCUT2D eigenvalue weighted by Gasteiger charge is -2.04. The number of nitrogens with one attached hydrogen (secondary N) is 1. The Kier molecular flexibility index (Phi) is 4.05. The summed E-state index contributed by atoms with van der Waals surface area (Å²) in [6, 6.07) is 0. The van der Waals surface area contributed by atoms with Gasteiger partial charge in [-0.15, -0.1) is 11.3 Å². The number of thiazole rings is 1. The van der Waals surface area contributed by atoms with Crippen molar-refractivity contribution in [3.05, 3.63) is 11.2 Å². The number of aromatic nitrogens is 1. The van der Waals surface area contributed by atoms with Crippen LogP contribution >= 0.6 is 27.3 Å². The monoisotopic (exact) mass is 298 g/mol. The summed E-state index contributed by atoms with van der Waals surface area (Å²) >= 11 is 4.44. The van der Waals surface area contributed by atoms with E-state index in [-0.39, 0.29) is 9.04 Å². The van der Waals surface area contributed by atoms with Gasteiger partial charge in [0.25, 0.3) is 10.0 Å². The molecule has 4 nitrogen and oxygen atoms in total. The average molecular weight is 299 g/mol. The van der Waals surface area contributed by atoms with Crippen molar-refractivity contribution in [3.8, 4) is 0 Å².